The molecule has 0 aliphatic carbocycles. The van der Waals surface area contributed by atoms with Gasteiger partial charge in [0.15, 0.2) is 11.6 Å². The van der Waals surface area contributed by atoms with Gasteiger partial charge in [-0.25, -0.2) is 9.18 Å². The summed E-state index contributed by atoms with van der Waals surface area (Å²) in [4.78, 5) is 10.6. The van der Waals surface area contributed by atoms with Crippen LogP contribution in [0.15, 0.2) is 42.5 Å². The van der Waals surface area contributed by atoms with Gasteiger partial charge >= 0.3 is 13.2 Å². The van der Waals surface area contributed by atoms with Crippen molar-refractivity contribution in [3.63, 3.8) is 0 Å². The third-order valence-corrected chi connectivity index (χ3v) is 3.74. The molecular formula is C16H15BFNO5. The largest absolute Gasteiger partial charge is 0.495 e. The van der Waals surface area contributed by atoms with Crippen LogP contribution in [0.5, 0.6) is 5.75 Å². The molecule has 8 heteroatoms. The highest BCUT2D eigenvalue weighted by molar-refractivity contribution is 6.62. The first-order valence-corrected chi connectivity index (χ1v) is 7.35. The molecule has 2 aromatic carbocycles. The average molecular weight is 331 g/mol. The summed E-state index contributed by atoms with van der Waals surface area (Å²) in [7, 11) is -1.46. The Bertz CT molecular complexity index is 743. The molecule has 1 unspecified atom stereocenters. The Labute approximate surface area is 138 Å². The monoisotopic (exact) mass is 331 g/mol. The molecule has 124 valence electrons. The van der Waals surface area contributed by atoms with Gasteiger partial charge in [-0.2, -0.15) is 0 Å². The fraction of sp³-hybridized carbons (Fsp3) is 0.188. The molecule has 1 aliphatic heterocycles. The van der Waals surface area contributed by atoms with Crippen LogP contribution in [-0.2, 0) is 11.3 Å². The lowest BCUT2D eigenvalue weighted by Crippen LogP contribution is -2.31. The number of hydrogen-bond acceptors (Lipinski definition) is 4. The van der Waals surface area contributed by atoms with Crippen molar-refractivity contribution < 1.29 is 28.7 Å². The highest BCUT2D eigenvalue weighted by Gasteiger charge is 2.39. The molecule has 0 saturated carbocycles. The van der Waals surface area contributed by atoms with E-state index in [-0.39, 0.29) is 24.4 Å². The maximum Gasteiger partial charge on any atom is 0.495 e. The van der Waals surface area contributed by atoms with Crippen LogP contribution in [0.2, 0.25) is 0 Å². The first-order valence-electron chi connectivity index (χ1n) is 7.35. The van der Waals surface area contributed by atoms with Crippen LogP contribution in [0.1, 0.15) is 17.2 Å². The molecule has 1 atom stereocenters. The molecule has 2 aromatic rings. The Hall–Kier alpha value is -2.58. The zero-order valence-electron chi connectivity index (χ0n) is 12.6. The van der Waals surface area contributed by atoms with Crippen molar-refractivity contribution in [2.24, 2.45) is 0 Å². The number of hydrogen-bond donors (Lipinski definition) is 3. The lowest BCUT2D eigenvalue weighted by Gasteiger charge is -2.13. The fourth-order valence-corrected chi connectivity index (χ4v) is 2.60. The van der Waals surface area contributed by atoms with Gasteiger partial charge in [-0.15, -0.1) is 0 Å². The van der Waals surface area contributed by atoms with E-state index in [9.17, 15) is 14.2 Å². The van der Waals surface area contributed by atoms with Gasteiger partial charge in [-0.3, -0.25) is 0 Å². The van der Waals surface area contributed by atoms with E-state index >= 15 is 0 Å². The van der Waals surface area contributed by atoms with Crippen molar-refractivity contribution in [3.05, 3.63) is 59.4 Å². The molecule has 0 aromatic heterocycles. The molecule has 24 heavy (non-hydrogen) atoms. The predicted octanol–water partition coefficient (Wildman–Crippen LogP) is 1.43. The zero-order valence-corrected chi connectivity index (χ0v) is 12.6. The summed E-state index contributed by atoms with van der Waals surface area (Å²) in [6.45, 7) is 0.112. The van der Waals surface area contributed by atoms with E-state index in [1.54, 1.807) is 6.07 Å². The van der Waals surface area contributed by atoms with Crippen LogP contribution in [0, 0.1) is 5.82 Å². The molecule has 1 aliphatic rings. The van der Waals surface area contributed by atoms with Crippen molar-refractivity contribution in [1.29, 1.82) is 0 Å². The molecular weight excluding hydrogens is 316 g/mol. The molecule has 0 bridgehead atoms. The van der Waals surface area contributed by atoms with Crippen molar-refractivity contribution in [2.75, 3.05) is 6.54 Å². The first kappa shape index (κ1) is 16.3. The zero-order chi connectivity index (χ0) is 17.1. The molecule has 0 saturated heterocycles. The number of carboxylic acid groups (broad SMARTS) is 1. The second kappa shape index (κ2) is 6.90. The predicted molar refractivity (Wildman–Crippen MR) is 84.6 cm³/mol. The Kier molecular flexibility index (Phi) is 4.68. The summed E-state index contributed by atoms with van der Waals surface area (Å²) in [6.07, 6.45) is -1.96. The van der Waals surface area contributed by atoms with E-state index in [4.69, 9.17) is 14.5 Å². The lowest BCUT2D eigenvalue weighted by atomic mass is 9.78. The first-order chi connectivity index (χ1) is 11.6. The molecule has 3 N–H and O–H groups in total. The van der Waals surface area contributed by atoms with Crippen molar-refractivity contribution in [2.45, 2.75) is 12.7 Å². The number of fused-ring (bicyclic) bond motifs is 1. The van der Waals surface area contributed by atoms with E-state index in [1.165, 1.54) is 6.07 Å². The number of halogens is 1. The van der Waals surface area contributed by atoms with Crippen LogP contribution < -0.4 is 15.5 Å². The van der Waals surface area contributed by atoms with E-state index in [0.717, 1.165) is 5.56 Å². The minimum Gasteiger partial charge on any atom is -0.486 e. The van der Waals surface area contributed by atoms with Crippen LogP contribution in [0.3, 0.4) is 0 Å². The van der Waals surface area contributed by atoms with Crippen molar-refractivity contribution >= 4 is 18.7 Å². The Balaban J connectivity index is 1.77. The SMILES string of the molecule is O=C(O)NCC1OB(O)c2c1ccc(OCc1ccccc1)c2F. The quantitative estimate of drug-likeness (QED) is 0.722. The van der Waals surface area contributed by atoms with Gasteiger partial charge in [0.2, 0.25) is 0 Å². The number of benzene rings is 2. The summed E-state index contributed by atoms with van der Waals surface area (Å²) < 4.78 is 25.3. The second-order valence-corrected chi connectivity index (χ2v) is 5.32. The van der Waals surface area contributed by atoms with Gasteiger partial charge in [-0.1, -0.05) is 36.4 Å². The Morgan fingerprint density at radius 3 is 2.75 bits per heavy atom. The Morgan fingerprint density at radius 2 is 2.04 bits per heavy atom. The van der Waals surface area contributed by atoms with E-state index in [0.29, 0.717) is 5.56 Å². The summed E-state index contributed by atoms with van der Waals surface area (Å²) in [5.41, 5.74) is 1.27. The number of rotatable bonds is 5. The van der Waals surface area contributed by atoms with Crippen molar-refractivity contribution in [3.8, 4) is 5.75 Å². The van der Waals surface area contributed by atoms with Gasteiger partial charge < -0.3 is 24.8 Å². The number of amides is 1. The minimum absolute atomic E-state index is 0.00657. The number of ether oxygens (including phenoxy) is 1. The molecule has 1 amide bonds. The highest BCUT2D eigenvalue weighted by atomic mass is 19.1. The van der Waals surface area contributed by atoms with E-state index in [2.05, 4.69) is 5.32 Å². The summed E-state index contributed by atoms with van der Waals surface area (Å²) in [5.74, 6) is -0.694. The van der Waals surface area contributed by atoms with E-state index < -0.39 is 25.1 Å². The highest BCUT2D eigenvalue weighted by Crippen LogP contribution is 2.28. The number of nitrogens with one attached hydrogen (secondary N) is 1. The maximum atomic E-state index is 14.6. The maximum absolute atomic E-state index is 14.6. The standard InChI is InChI=1S/C16H15BFNO5/c18-15-12(23-9-10-4-2-1-3-5-10)7-6-11-13(8-19-16(20)21)24-17(22)14(11)15/h1-7,13,19,22H,8-9H2,(H,20,21). The van der Waals surface area contributed by atoms with Crippen LogP contribution >= 0.6 is 0 Å². The molecule has 0 fully saturated rings. The fourth-order valence-electron chi connectivity index (χ4n) is 2.60. The molecule has 0 spiro atoms. The number of carbonyl (C=O) groups is 1. The van der Waals surface area contributed by atoms with Gasteiger partial charge in [0.1, 0.15) is 6.61 Å². The molecule has 6 nitrogen and oxygen atoms in total. The topological polar surface area (TPSA) is 88.0 Å². The smallest absolute Gasteiger partial charge is 0.486 e. The normalized spacial score (nSPS) is 15.9. The third kappa shape index (κ3) is 3.34. The minimum atomic E-state index is -1.46. The molecule has 0 radical (unpaired) electrons. The van der Waals surface area contributed by atoms with Crippen LogP contribution in [-0.4, -0.2) is 29.9 Å². The summed E-state index contributed by atoms with van der Waals surface area (Å²) in [6, 6.07) is 12.3. The lowest BCUT2D eigenvalue weighted by molar-refractivity contribution is 0.167. The molecule has 1 heterocycles. The van der Waals surface area contributed by atoms with Crippen LogP contribution in [0.4, 0.5) is 9.18 Å². The van der Waals surface area contributed by atoms with Crippen LogP contribution in [0.25, 0.3) is 0 Å². The van der Waals surface area contributed by atoms with Crippen molar-refractivity contribution in [1.82, 2.24) is 5.32 Å². The summed E-state index contributed by atoms with van der Waals surface area (Å²) >= 11 is 0. The Morgan fingerprint density at radius 1 is 1.29 bits per heavy atom. The van der Waals surface area contributed by atoms with Gasteiger partial charge in [0.25, 0.3) is 0 Å². The average Bonchev–Trinajstić information content (AvgIpc) is 2.90. The van der Waals surface area contributed by atoms with E-state index in [1.807, 2.05) is 30.3 Å². The van der Waals surface area contributed by atoms with Gasteiger partial charge in [0, 0.05) is 12.0 Å². The third-order valence-electron chi connectivity index (χ3n) is 3.74. The van der Waals surface area contributed by atoms with Gasteiger partial charge in [-0.05, 0) is 17.2 Å². The summed E-state index contributed by atoms with van der Waals surface area (Å²) in [5, 5.41) is 20.7. The second-order valence-electron chi connectivity index (χ2n) is 5.32. The van der Waals surface area contributed by atoms with Gasteiger partial charge in [0.05, 0.1) is 6.10 Å². The molecule has 3 rings (SSSR count).